The third kappa shape index (κ3) is 5.35. The number of aromatic nitrogens is 3. The van der Waals surface area contributed by atoms with Crippen LogP contribution in [0.5, 0.6) is 5.95 Å². The summed E-state index contributed by atoms with van der Waals surface area (Å²) in [5.41, 5.74) is 8.81. The standard InChI is InChI=1S/C48H42N3O2SSi/c1-47(2,3)44-42(48(4,32-17-9-6-10-18-32)55(33-19-11-7-12-20-33)34-21-13-8-14-22-34)37-28-41(52-46(37)53-44)51-39-24-16-15-23-35(39)36-27-40-43(49-45(36)51)38(30-54-40)31-25-26-50(5)29-31/h6-27,29-30,41H,28H2,1-5H3. The van der Waals surface area contributed by atoms with E-state index in [2.05, 4.69) is 189 Å². The first-order valence-electron chi connectivity index (χ1n) is 19.0. The van der Waals surface area contributed by atoms with Crippen LogP contribution in [-0.2, 0) is 23.9 Å². The minimum absolute atomic E-state index is 0.276. The van der Waals surface area contributed by atoms with Gasteiger partial charge in [-0.2, -0.15) is 0 Å². The van der Waals surface area contributed by atoms with Crippen LogP contribution in [-0.4, -0.2) is 22.9 Å². The summed E-state index contributed by atoms with van der Waals surface area (Å²) in [5, 5.41) is 6.84. The predicted molar refractivity (Wildman–Crippen MR) is 229 cm³/mol. The Morgan fingerprint density at radius 3 is 2.09 bits per heavy atom. The molecule has 10 rings (SSSR count). The van der Waals surface area contributed by atoms with Gasteiger partial charge < -0.3 is 13.7 Å². The Bertz CT molecular complexity index is 2810. The average molecular weight is 753 g/mol. The molecule has 6 heterocycles. The number of hydrogen-bond acceptors (Lipinski definition) is 4. The molecule has 4 aromatic carbocycles. The molecule has 0 amide bonds. The Kier molecular flexibility index (Phi) is 7.84. The van der Waals surface area contributed by atoms with Crippen molar-refractivity contribution in [3.05, 3.63) is 168 Å². The number of hydrogen-bond donors (Lipinski definition) is 0. The predicted octanol–water partition coefficient (Wildman–Crippen LogP) is 10.6. The van der Waals surface area contributed by atoms with E-state index in [1.165, 1.54) is 37.1 Å². The molecule has 7 heteroatoms. The smallest absolute Gasteiger partial charge is 0.290 e. The van der Waals surface area contributed by atoms with Crippen molar-refractivity contribution in [2.45, 2.75) is 50.8 Å². The highest BCUT2D eigenvalue weighted by Crippen LogP contribution is 2.52. The zero-order chi connectivity index (χ0) is 37.5. The van der Waals surface area contributed by atoms with Gasteiger partial charge in [-0.15, -0.1) is 11.3 Å². The van der Waals surface area contributed by atoms with E-state index in [4.69, 9.17) is 14.1 Å². The van der Waals surface area contributed by atoms with Crippen molar-refractivity contribution in [1.82, 2.24) is 14.1 Å². The van der Waals surface area contributed by atoms with Crippen LogP contribution in [0.3, 0.4) is 0 Å². The van der Waals surface area contributed by atoms with Crippen LogP contribution in [0.15, 0.2) is 150 Å². The molecule has 0 spiro atoms. The summed E-state index contributed by atoms with van der Waals surface area (Å²) >= 11 is 1.76. The Morgan fingerprint density at radius 2 is 1.44 bits per heavy atom. The molecule has 5 nitrogen and oxygen atoms in total. The quantitative estimate of drug-likeness (QED) is 0.152. The van der Waals surface area contributed by atoms with E-state index in [0.29, 0.717) is 12.4 Å². The molecule has 1 aliphatic rings. The number of furan rings is 1. The van der Waals surface area contributed by atoms with Gasteiger partial charge in [-0.05, 0) is 23.8 Å². The van der Waals surface area contributed by atoms with Crippen molar-refractivity contribution in [3.8, 4) is 17.1 Å². The molecule has 0 fully saturated rings. The molecule has 0 saturated carbocycles. The van der Waals surface area contributed by atoms with Crippen molar-refractivity contribution in [3.63, 3.8) is 0 Å². The second-order valence-electron chi connectivity index (χ2n) is 16.0. The molecule has 0 bridgehead atoms. The lowest BCUT2D eigenvalue weighted by atomic mass is 9.81. The summed E-state index contributed by atoms with van der Waals surface area (Å²) in [7, 11) is 0.528. The molecule has 0 aliphatic carbocycles. The topological polar surface area (TPSA) is 45.1 Å². The molecular weight excluding hydrogens is 711 g/mol. The van der Waals surface area contributed by atoms with E-state index in [1.807, 2.05) is 0 Å². The molecule has 0 saturated heterocycles. The Morgan fingerprint density at radius 1 is 0.782 bits per heavy atom. The lowest BCUT2D eigenvalue weighted by Crippen LogP contribution is -2.58. The first kappa shape index (κ1) is 33.9. The van der Waals surface area contributed by atoms with Gasteiger partial charge in [0.25, 0.3) is 5.95 Å². The molecule has 1 radical (unpaired) electrons. The van der Waals surface area contributed by atoms with Gasteiger partial charge in [0, 0.05) is 74.7 Å². The number of ether oxygens (including phenoxy) is 1. The van der Waals surface area contributed by atoms with Gasteiger partial charge in [0.05, 0.1) is 15.7 Å². The summed E-state index contributed by atoms with van der Waals surface area (Å²) in [6.45, 7) is 9.25. The minimum Gasteiger partial charge on any atom is -0.440 e. The fraction of sp³-hybridized carbons (Fsp3) is 0.188. The van der Waals surface area contributed by atoms with Crippen molar-refractivity contribution in [2.24, 2.45) is 7.05 Å². The molecule has 2 unspecified atom stereocenters. The number of pyridine rings is 1. The zero-order valence-electron chi connectivity index (χ0n) is 31.7. The third-order valence-electron chi connectivity index (χ3n) is 11.4. The Labute approximate surface area is 327 Å². The number of thiophene rings is 1. The van der Waals surface area contributed by atoms with E-state index in [0.717, 1.165) is 39.0 Å². The largest absolute Gasteiger partial charge is 0.440 e. The van der Waals surface area contributed by atoms with Gasteiger partial charge >= 0.3 is 0 Å². The van der Waals surface area contributed by atoms with Crippen LogP contribution < -0.4 is 15.1 Å². The summed E-state index contributed by atoms with van der Waals surface area (Å²) in [5.74, 6) is 1.62. The van der Waals surface area contributed by atoms with Crippen molar-refractivity contribution in [1.29, 1.82) is 0 Å². The van der Waals surface area contributed by atoms with Crippen molar-refractivity contribution in [2.75, 3.05) is 0 Å². The van der Waals surface area contributed by atoms with E-state index < -0.39 is 13.8 Å². The van der Waals surface area contributed by atoms with Crippen LogP contribution >= 0.6 is 11.3 Å². The van der Waals surface area contributed by atoms with E-state index in [-0.39, 0.29) is 11.6 Å². The van der Waals surface area contributed by atoms with Gasteiger partial charge in [0.15, 0.2) is 6.23 Å². The molecule has 2 atom stereocenters. The average Bonchev–Trinajstić information content (AvgIpc) is 4.03. The minimum atomic E-state index is -1.54. The maximum atomic E-state index is 7.08. The summed E-state index contributed by atoms with van der Waals surface area (Å²) in [4.78, 5) is 5.49. The molecule has 1 aliphatic heterocycles. The maximum absolute atomic E-state index is 7.08. The highest BCUT2D eigenvalue weighted by atomic mass is 32.1. The van der Waals surface area contributed by atoms with Crippen LogP contribution in [0.1, 0.15) is 56.4 Å². The zero-order valence-corrected chi connectivity index (χ0v) is 33.5. The Balaban J connectivity index is 1.20. The number of para-hydroxylation sites is 1. The second kappa shape index (κ2) is 12.7. The van der Waals surface area contributed by atoms with E-state index in [1.54, 1.807) is 11.3 Å². The van der Waals surface area contributed by atoms with Crippen molar-refractivity contribution >= 4 is 62.7 Å². The van der Waals surface area contributed by atoms with Gasteiger partial charge in [0.1, 0.15) is 20.2 Å². The van der Waals surface area contributed by atoms with Gasteiger partial charge in [-0.3, -0.25) is 4.57 Å². The normalized spacial score (nSPS) is 15.6. The molecule has 5 aromatic heterocycles. The van der Waals surface area contributed by atoms with Gasteiger partial charge in [-0.25, -0.2) is 4.98 Å². The highest BCUT2D eigenvalue weighted by molar-refractivity contribution is 7.17. The SMILES string of the molecule is Cn1ccc(-c2csc3cc4c5ccccc5n(C5Cc6c(oc(C(C)(C)C)c6C(C)(c6ccccc6)[Si](c6ccccc6)c6ccccc6)O5)c4nc23)c1. The van der Waals surface area contributed by atoms with E-state index >= 15 is 0 Å². The van der Waals surface area contributed by atoms with Crippen LogP contribution in [0.2, 0.25) is 0 Å². The fourth-order valence-electron chi connectivity index (χ4n) is 8.92. The number of benzene rings is 4. The molecule has 271 valence electrons. The first-order chi connectivity index (χ1) is 26.7. The maximum Gasteiger partial charge on any atom is 0.290 e. The van der Waals surface area contributed by atoms with Crippen molar-refractivity contribution < 1.29 is 9.15 Å². The van der Waals surface area contributed by atoms with Crippen LogP contribution in [0.25, 0.3) is 43.3 Å². The molecule has 0 N–H and O–H groups in total. The molecule has 9 aromatic rings. The van der Waals surface area contributed by atoms with Gasteiger partial charge in [-0.1, -0.05) is 147 Å². The summed E-state index contributed by atoms with van der Waals surface area (Å²) in [6, 6.07) is 46.5. The number of aryl methyl sites for hydroxylation is 1. The number of nitrogens with zero attached hydrogens (tertiary/aromatic N) is 3. The molecular formula is C48H42N3O2SSi. The summed E-state index contributed by atoms with van der Waals surface area (Å²) < 4.78 is 19.7. The van der Waals surface area contributed by atoms with Crippen LogP contribution in [0.4, 0.5) is 0 Å². The van der Waals surface area contributed by atoms with Crippen LogP contribution in [0, 0.1) is 0 Å². The lowest BCUT2D eigenvalue weighted by molar-refractivity contribution is 0.127. The fourth-order valence-corrected chi connectivity index (χ4v) is 13.4. The van der Waals surface area contributed by atoms with E-state index in [9.17, 15) is 0 Å². The molecule has 55 heavy (non-hydrogen) atoms. The monoisotopic (exact) mass is 752 g/mol. The lowest BCUT2D eigenvalue weighted by Gasteiger charge is -2.40. The summed E-state index contributed by atoms with van der Waals surface area (Å²) in [6.07, 6.45) is 4.58. The number of fused-ring (bicyclic) bond motifs is 5. The van der Waals surface area contributed by atoms with Gasteiger partial charge in [0.2, 0.25) is 0 Å². The number of rotatable bonds is 7. The Hall–Kier alpha value is -5.63. The third-order valence-corrected chi connectivity index (χ3v) is 15.7. The first-order valence-corrected chi connectivity index (χ1v) is 21.4. The second-order valence-corrected chi connectivity index (χ2v) is 19.8. The highest BCUT2D eigenvalue weighted by Gasteiger charge is 2.50.